The van der Waals surface area contributed by atoms with Gasteiger partial charge in [0, 0.05) is 12.1 Å². The maximum absolute atomic E-state index is 12.2. The number of rotatable bonds is 7. The summed E-state index contributed by atoms with van der Waals surface area (Å²) in [5.74, 6) is -1.03. The van der Waals surface area contributed by atoms with Gasteiger partial charge in [-0.3, -0.25) is 14.9 Å². The fourth-order valence-electron chi connectivity index (χ4n) is 1.87. The molecule has 7 nitrogen and oxygen atoms in total. The third-order valence-corrected chi connectivity index (χ3v) is 3.64. The molecule has 0 radical (unpaired) electrons. The SMILES string of the molecule is CCC(CO)(CO)NC(=O)C(C)c1cccc([N+](=O)[O-])c1. The van der Waals surface area contributed by atoms with E-state index in [1.807, 2.05) is 0 Å². The van der Waals surface area contributed by atoms with E-state index in [-0.39, 0.29) is 18.9 Å². The highest BCUT2D eigenvalue weighted by atomic mass is 16.6. The minimum Gasteiger partial charge on any atom is -0.394 e. The standard InChI is InChI=1S/C14H20N2O5/c1-3-14(8-17,9-18)15-13(19)10(2)11-5-4-6-12(7-11)16(20)21/h4-7,10,17-18H,3,8-9H2,1-2H3,(H,15,19). The number of amides is 1. The van der Waals surface area contributed by atoms with Crippen LogP contribution in [-0.4, -0.2) is 39.8 Å². The van der Waals surface area contributed by atoms with E-state index in [4.69, 9.17) is 0 Å². The number of aliphatic hydroxyl groups excluding tert-OH is 2. The third kappa shape index (κ3) is 3.99. The Morgan fingerprint density at radius 1 is 1.43 bits per heavy atom. The van der Waals surface area contributed by atoms with Gasteiger partial charge in [0.25, 0.3) is 5.69 Å². The number of hydrogen-bond donors (Lipinski definition) is 3. The summed E-state index contributed by atoms with van der Waals surface area (Å²) >= 11 is 0. The van der Waals surface area contributed by atoms with Crippen LogP contribution in [0.1, 0.15) is 31.7 Å². The van der Waals surface area contributed by atoms with E-state index in [1.165, 1.54) is 18.2 Å². The quantitative estimate of drug-likeness (QED) is 0.512. The van der Waals surface area contributed by atoms with Crippen LogP contribution in [0.2, 0.25) is 0 Å². The van der Waals surface area contributed by atoms with Crippen LogP contribution in [0.15, 0.2) is 24.3 Å². The smallest absolute Gasteiger partial charge is 0.269 e. The number of benzene rings is 1. The number of nitrogens with zero attached hydrogens (tertiary/aromatic N) is 1. The Morgan fingerprint density at radius 2 is 2.05 bits per heavy atom. The minimum atomic E-state index is -1.08. The lowest BCUT2D eigenvalue weighted by Gasteiger charge is -2.31. The molecule has 0 aromatic heterocycles. The van der Waals surface area contributed by atoms with Gasteiger partial charge < -0.3 is 15.5 Å². The van der Waals surface area contributed by atoms with Crippen LogP contribution in [-0.2, 0) is 4.79 Å². The summed E-state index contributed by atoms with van der Waals surface area (Å²) in [6.45, 7) is 2.59. The van der Waals surface area contributed by atoms with Crippen molar-refractivity contribution in [2.45, 2.75) is 31.7 Å². The van der Waals surface area contributed by atoms with Crippen LogP contribution in [0.4, 0.5) is 5.69 Å². The number of non-ortho nitro benzene ring substituents is 1. The average Bonchev–Trinajstić information content (AvgIpc) is 2.52. The molecule has 0 aliphatic heterocycles. The van der Waals surface area contributed by atoms with Crippen molar-refractivity contribution in [2.24, 2.45) is 0 Å². The van der Waals surface area contributed by atoms with Gasteiger partial charge in [0.05, 0.1) is 29.6 Å². The van der Waals surface area contributed by atoms with E-state index in [2.05, 4.69) is 5.32 Å². The highest BCUT2D eigenvalue weighted by molar-refractivity contribution is 5.84. The molecule has 0 saturated heterocycles. The molecule has 1 aromatic carbocycles. The number of hydrogen-bond acceptors (Lipinski definition) is 5. The predicted octanol–water partition coefficient (Wildman–Crippen LogP) is 0.948. The summed E-state index contributed by atoms with van der Waals surface area (Å²) < 4.78 is 0. The molecule has 1 unspecified atom stereocenters. The van der Waals surface area contributed by atoms with Crippen LogP contribution in [0.25, 0.3) is 0 Å². The second kappa shape index (κ2) is 7.14. The molecule has 0 bridgehead atoms. The van der Waals surface area contributed by atoms with Gasteiger partial charge in [-0.05, 0) is 18.9 Å². The largest absolute Gasteiger partial charge is 0.394 e. The van der Waals surface area contributed by atoms with E-state index in [1.54, 1.807) is 19.9 Å². The lowest BCUT2D eigenvalue weighted by atomic mass is 9.94. The maximum atomic E-state index is 12.2. The first-order chi connectivity index (χ1) is 9.89. The number of nitro benzene ring substituents is 1. The molecular formula is C14H20N2O5. The lowest BCUT2D eigenvalue weighted by molar-refractivity contribution is -0.384. The Morgan fingerprint density at radius 3 is 2.52 bits per heavy atom. The summed E-state index contributed by atoms with van der Waals surface area (Å²) in [6, 6.07) is 5.84. The highest BCUT2D eigenvalue weighted by Crippen LogP contribution is 2.22. The summed E-state index contributed by atoms with van der Waals surface area (Å²) in [5.41, 5.74) is -0.660. The third-order valence-electron chi connectivity index (χ3n) is 3.64. The van der Waals surface area contributed by atoms with E-state index < -0.39 is 22.3 Å². The van der Waals surface area contributed by atoms with Crippen molar-refractivity contribution in [1.29, 1.82) is 0 Å². The predicted molar refractivity (Wildman–Crippen MR) is 76.8 cm³/mol. The molecule has 0 aliphatic carbocycles. The number of carbonyl (C=O) groups excluding carboxylic acids is 1. The first-order valence-corrected chi connectivity index (χ1v) is 6.67. The van der Waals surface area contributed by atoms with E-state index in [0.717, 1.165) is 0 Å². The Labute approximate surface area is 122 Å². The summed E-state index contributed by atoms with van der Waals surface area (Å²) in [4.78, 5) is 22.4. The van der Waals surface area contributed by atoms with Crippen molar-refractivity contribution < 1.29 is 19.9 Å². The number of carbonyl (C=O) groups is 1. The normalized spacial score (nSPS) is 12.8. The zero-order valence-electron chi connectivity index (χ0n) is 12.1. The van der Waals surface area contributed by atoms with Gasteiger partial charge in [-0.2, -0.15) is 0 Å². The summed E-state index contributed by atoms with van der Waals surface area (Å²) in [7, 11) is 0. The fourth-order valence-corrected chi connectivity index (χ4v) is 1.87. The van der Waals surface area contributed by atoms with Gasteiger partial charge in [-0.1, -0.05) is 19.1 Å². The number of nitro groups is 1. The first-order valence-electron chi connectivity index (χ1n) is 6.67. The molecule has 21 heavy (non-hydrogen) atoms. The Balaban J connectivity index is 2.92. The van der Waals surface area contributed by atoms with Crippen molar-refractivity contribution in [2.75, 3.05) is 13.2 Å². The molecule has 1 rings (SSSR count). The minimum absolute atomic E-state index is 0.0850. The Kier molecular flexibility index (Phi) is 5.80. The molecule has 1 amide bonds. The zero-order chi connectivity index (χ0) is 16.0. The van der Waals surface area contributed by atoms with E-state index >= 15 is 0 Å². The molecule has 1 aromatic rings. The van der Waals surface area contributed by atoms with Gasteiger partial charge in [-0.25, -0.2) is 0 Å². The molecule has 116 valence electrons. The Hall–Kier alpha value is -1.99. The summed E-state index contributed by atoms with van der Waals surface area (Å²) in [5, 5.41) is 32.0. The molecule has 3 N–H and O–H groups in total. The lowest BCUT2D eigenvalue weighted by Crippen LogP contribution is -2.54. The molecule has 0 saturated carbocycles. The van der Waals surface area contributed by atoms with Crippen LogP contribution >= 0.6 is 0 Å². The zero-order valence-corrected chi connectivity index (χ0v) is 12.1. The van der Waals surface area contributed by atoms with Crippen molar-refractivity contribution in [1.82, 2.24) is 5.32 Å². The Bertz CT molecular complexity index is 506. The van der Waals surface area contributed by atoms with Crippen molar-refractivity contribution in [3.8, 4) is 0 Å². The second-order valence-corrected chi connectivity index (χ2v) is 5.01. The van der Waals surface area contributed by atoms with Gasteiger partial charge in [-0.15, -0.1) is 0 Å². The van der Waals surface area contributed by atoms with Gasteiger partial charge in [0.2, 0.25) is 5.91 Å². The van der Waals surface area contributed by atoms with Crippen molar-refractivity contribution >= 4 is 11.6 Å². The molecule has 7 heteroatoms. The van der Waals surface area contributed by atoms with Crippen molar-refractivity contribution in [3.05, 3.63) is 39.9 Å². The molecular weight excluding hydrogens is 276 g/mol. The topological polar surface area (TPSA) is 113 Å². The second-order valence-electron chi connectivity index (χ2n) is 5.01. The van der Waals surface area contributed by atoms with Gasteiger partial charge in [0.1, 0.15) is 0 Å². The maximum Gasteiger partial charge on any atom is 0.269 e. The highest BCUT2D eigenvalue weighted by Gasteiger charge is 2.30. The van der Waals surface area contributed by atoms with Gasteiger partial charge in [0.15, 0.2) is 0 Å². The van der Waals surface area contributed by atoms with E-state index in [0.29, 0.717) is 12.0 Å². The number of nitrogens with one attached hydrogen (secondary N) is 1. The van der Waals surface area contributed by atoms with Crippen LogP contribution in [0.3, 0.4) is 0 Å². The summed E-state index contributed by atoms with van der Waals surface area (Å²) in [6.07, 6.45) is 0.368. The monoisotopic (exact) mass is 296 g/mol. The number of aliphatic hydroxyl groups is 2. The molecule has 1 atom stereocenters. The molecule has 0 aliphatic rings. The van der Waals surface area contributed by atoms with Crippen molar-refractivity contribution in [3.63, 3.8) is 0 Å². The first kappa shape index (κ1) is 17.1. The molecule has 0 heterocycles. The van der Waals surface area contributed by atoms with Crippen LogP contribution < -0.4 is 5.32 Å². The van der Waals surface area contributed by atoms with Crippen LogP contribution in [0.5, 0.6) is 0 Å². The fraction of sp³-hybridized carbons (Fsp3) is 0.500. The molecule has 0 spiro atoms. The molecule has 0 fully saturated rings. The average molecular weight is 296 g/mol. The van der Waals surface area contributed by atoms with Crippen LogP contribution in [0, 0.1) is 10.1 Å². The van der Waals surface area contributed by atoms with E-state index in [9.17, 15) is 25.1 Å². The van der Waals surface area contributed by atoms with Gasteiger partial charge >= 0.3 is 0 Å².